The van der Waals surface area contributed by atoms with Gasteiger partial charge >= 0.3 is 0 Å². The van der Waals surface area contributed by atoms with Crippen LogP contribution in [0.15, 0.2) is 59.7 Å². The molecule has 0 aliphatic carbocycles. The smallest absolute Gasteiger partial charge is 0.265 e. The number of anilines is 1. The Labute approximate surface area is 147 Å². The summed E-state index contributed by atoms with van der Waals surface area (Å²) in [7, 11) is 0. The van der Waals surface area contributed by atoms with Crippen LogP contribution in [0.5, 0.6) is 0 Å². The van der Waals surface area contributed by atoms with E-state index in [0.29, 0.717) is 11.4 Å². The van der Waals surface area contributed by atoms with E-state index in [2.05, 4.69) is 20.6 Å². The van der Waals surface area contributed by atoms with Crippen LogP contribution in [0, 0.1) is 0 Å². The van der Waals surface area contributed by atoms with Crippen molar-refractivity contribution in [2.45, 2.75) is 5.92 Å². The second-order valence-electron chi connectivity index (χ2n) is 5.14. The second kappa shape index (κ2) is 7.71. The van der Waals surface area contributed by atoms with E-state index >= 15 is 0 Å². The van der Waals surface area contributed by atoms with Gasteiger partial charge in [0.1, 0.15) is 11.7 Å². The molecule has 0 saturated carbocycles. The predicted molar refractivity (Wildman–Crippen MR) is 95.1 cm³/mol. The molecule has 0 saturated heterocycles. The van der Waals surface area contributed by atoms with Gasteiger partial charge in [-0.15, -0.1) is 0 Å². The van der Waals surface area contributed by atoms with Crippen molar-refractivity contribution >= 4 is 40.5 Å². The van der Waals surface area contributed by atoms with Gasteiger partial charge in [0.2, 0.25) is 11.8 Å². The van der Waals surface area contributed by atoms with Crippen LogP contribution in [-0.4, -0.2) is 33.6 Å². The van der Waals surface area contributed by atoms with Gasteiger partial charge in [0, 0.05) is 6.20 Å². The molecule has 126 valence electrons. The van der Waals surface area contributed by atoms with Gasteiger partial charge in [-0.3, -0.25) is 14.4 Å². The summed E-state index contributed by atoms with van der Waals surface area (Å²) < 4.78 is 0. The fourth-order valence-corrected chi connectivity index (χ4v) is 2.91. The maximum absolute atomic E-state index is 12.2. The molecular weight excluding hydrogens is 340 g/mol. The van der Waals surface area contributed by atoms with Crippen molar-refractivity contribution < 1.29 is 14.4 Å². The minimum Gasteiger partial charge on any atom is -0.310 e. The first-order chi connectivity index (χ1) is 12.1. The molecule has 1 atom stereocenters. The van der Waals surface area contributed by atoms with Crippen molar-refractivity contribution in [2.24, 2.45) is 4.99 Å². The largest absolute Gasteiger partial charge is 0.310 e. The molecule has 1 aliphatic rings. The number of carbonyl (C=O) groups is 3. The first-order valence-corrected chi connectivity index (χ1v) is 8.44. The molecule has 8 heteroatoms. The zero-order valence-corrected chi connectivity index (χ0v) is 13.8. The van der Waals surface area contributed by atoms with Crippen molar-refractivity contribution in [1.82, 2.24) is 10.3 Å². The lowest BCUT2D eigenvalue weighted by molar-refractivity contribution is -0.129. The van der Waals surface area contributed by atoms with Gasteiger partial charge in [-0.1, -0.05) is 48.2 Å². The number of nitrogens with one attached hydrogen (secondary N) is 2. The second-order valence-corrected chi connectivity index (χ2v) is 6.10. The maximum Gasteiger partial charge on any atom is 0.265 e. The van der Waals surface area contributed by atoms with E-state index in [1.54, 1.807) is 54.7 Å². The average molecular weight is 354 g/mol. The van der Waals surface area contributed by atoms with E-state index in [1.807, 2.05) is 0 Å². The molecule has 1 aromatic carbocycles. The zero-order chi connectivity index (χ0) is 17.6. The molecule has 0 unspecified atom stereocenters. The Morgan fingerprint density at radius 1 is 1.12 bits per heavy atom. The lowest BCUT2D eigenvalue weighted by atomic mass is 9.97. The number of nitrogens with zero attached hydrogens (tertiary/aromatic N) is 2. The van der Waals surface area contributed by atoms with Gasteiger partial charge in [-0.2, -0.15) is 4.99 Å². The van der Waals surface area contributed by atoms with Crippen LogP contribution in [0.2, 0.25) is 0 Å². The summed E-state index contributed by atoms with van der Waals surface area (Å²) in [6.07, 6.45) is 1.57. The fourth-order valence-electron chi connectivity index (χ4n) is 2.24. The monoisotopic (exact) mass is 354 g/mol. The number of hydrogen-bond acceptors (Lipinski definition) is 5. The zero-order valence-electron chi connectivity index (χ0n) is 13.0. The molecule has 0 fully saturated rings. The molecule has 25 heavy (non-hydrogen) atoms. The van der Waals surface area contributed by atoms with E-state index in [0.717, 1.165) is 11.8 Å². The summed E-state index contributed by atoms with van der Waals surface area (Å²) in [5.41, 5.74) is 0.589. The van der Waals surface area contributed by atoms with Crippen LogP contribution >= 0.6 is 11.8 Å². The van der Waals surface area contributed by atoms with Gasteiger partial charge in [-0.25, -0.2) is 4.98 Å². The molecule has 0 spiro atoms. The van der Waals surface area contributed by atoms with Crippen LogP contribution in [0.1, 0.15) is 11.5 Å². The highest BCUT2D eigenvalue weighted by atomic mass is 32.2. The Bertz CT molecular complexity index is 824. The summed E-state index contributed by atoms with van der Waals surface area (Å²) >= 11 is 0.987. The normalized spacial score (nSPS) is 16.8. The average Bonchev–Trinajstić information content (AvgIpc) is 2.61. The van der Waals surface area contributed by atoms with Gasteiger partial charge in [0.05, 0.1) is 5.75 Å². The number of pyridine rings is 1. The standard InChI is InChI=1S/C17H14N4O3S/c22-13(19-12-8-4-5-9-18-12)10-25-17-20-15(23)14(16(24)21-17)11-6-2-1-3-7-11/h1-9,14H,10H2,(H,18,19,22)(H,20,21,23,24). The minimum absolute atomic E-state index is 0.00102. The van der Waals surface area contributed by atoms with Crippen LogP contribution < -0.4 is 10.6 Å². The highest BCUT2D eigenvalue weighted by Gasteiger charge is 2.33. The number of benzene rings is 1. The van der Waals surface area contributed by atoms with Crippen LogP contribution in [0.3, 0.4) is 0 Å². The Morgan fingerprint density at radius 3 is 2.56 bits per heavy atom. The van der Waals surface area contributed by atoms with Gasteiger partial charge in [0.25, 0.3) is 5.91 Å². The summed E-state index contributed by atoms with van der Waals surface area (Å²) in [5.74, 6) is -1.81. The van der Waals surface area contributed by atoms with E-state index in [-0.39, 0.29) is 16.8 Å². The van der Waals surface area contributed by atoms with Crippen molar-refractivity contribution in [1.29, 1.82) is 0 Å². The van der Waals surface area contributed by atoms with Crippen molar-refractivity contribution in [3.63, 3.8) is 0 Å². The Kier molecular flexibility index (Phi) is 5.20. The molecule has 3 amide bonds. The van der Waals surface area contributed by atoms with Crippen molar-refractivity contribution in [2.75, 3.05) is 11.1 Å². The maximum atomic E-state index is 12.2. The van der Waals surface area contributed by atoms with Gasteiger partial charge in [0.15, 0.2) is 5.17 Å². The summed E-state index contributed by atoms with van der Waals surface area (Å²) in [4.78, 5) is 44.1. The Morgan fingerprint density at radius 2 is 1.88 bits per heavy atom. The van der Waals surface area contributed by atoms with Crippen LogP contribution in [-0.2, 0) is 14.4 Å². The molecule has 0 radical (unpaired) electrons. The van der Waals surface area contributed by atoms with E-state index < -0.39 is 17.7 Å². The van der Waals surface area contributed by atoms with Gasteiger partial charge < -0.3 is 10.6 Å². The van der Waals surface area contributed by atoms with Crippen molar-refractivity contribution in [3.8, 4) is 0 Å². The molecule has 2 heterocycles. The number of amidine groups is 1. The minimum atomic E-state index is -0.951. The first kappa shape index (κ1) is 16.8. The van der Waals surface area contributed by atoms with Crippen LogP contribution in [0.25, 0.3) is 0 Å². The number of aromatic nitrogens is 1. The summed E-state index contributed by atoms with van der Waals surface area (Å²) in [6.45, 7) is 0. The Hall–Kier alpha value is -3.00. The summed E-state index contributed by atoms with van der Waals surface area (Å²) in [6, 6.07) is 13.9. The number of thioether (sulfide) groups is 1. The first-order valence-electron chi connectivity index (χ1n) is 7.45. The number of rotatable bonds is 4. The van der Waals surface area contributed by atoms with E-state index in [9.17, 15) is 14.4 Å². The lowest BCUT2D eigenvalue weighted by Crippen LogP contribution is -2.41. The number of aliphatic imine (C=N–C) groups is 1. The highest BCUT2D eigenvalue weighted by Crippen LogP contribution is 2.22. The quantitative estimate of drug-likeness (QED) is 0.812. The number of amides is 3. The molecule has 2 N–H and O–H groups in total. The van der Waals surface area contributed by atoms with E-state index in [4.69, 9.17) is 0 Å². The summed E-state index contributed by atoms with van der Waals surface area (Å²) in [5, 5.41) is 5.31. The Balaban J connectivity index is 1.60. The molecule has 3 rings (SSSR count). The topological polar surface area (TPSA) is 101 Å². The molecule has 2 aromatic rings. The third kappa shape index (κ3) is 4.30. The fraction of sp³-hybridized carbons (Fsp3) is 0.118. The molecule has 7 nitrogen and oxygen atoms in total. The molecule has 0 bridgehead atoms. The van der Waals surface area contributed by atoms with Gasteiger partial charge in [-0.05, 0) is 17.7 Å². The predicted octanol–water partition coefficient (Wildman–Crippen LogP) is 1.55. The number of hydrogen-bond donors (Lipinski definition) is 2. The number of carbonyl (C=O) groups excluding carboxylic acids is 3. The molecule has 1 aromatic heterocycles. The van der Waals surface area contributed by atoms with E-state index in [1.165, 1.54) is 0 Å². The van der Waals surface area contributed by atoms with Crippen molar-refractivity contribution in [3.05, 3.63) is 60.3 Å². The third-order valence-electron chi connectivity index (χ3n) is 3.36. The molecule has 1 aliphatic heterocycles. The third-order valence-corrected chi connectivity index (χ3v) is 4.23. The highest BCUT2D eigenvalue weighted by molar-refractivity contribution is 8.14. The van der Waals surface area contributed by atoms with Crippen LogP contribution in [0.4, 0.5) is 5.82 Å². The lowest BCUT2D eigenvalue weighted by Gasteiger charge is -2.19. The molecular formula is C17H14N4O3S. The SMILES string of the molecule is O=C(CSC1=NC(=O)[C@@H](c2ccccc2)C(=O)N1)Nc1ccccn1.